The molecule has 0 spiro atoms. The van der Waals surface area contributed by atoms with Crippen LogP contribution in [-0.4, -0.2) is 21.5 Å². The first-order chi connectivity index (χ1) is 7.31. The van der Waals surface area contributed by atoms with Gasteiger partial charge in [-0.05, 0) is 12.1 Å². The van der Waals surface area contributed by atoms with Crippen molar-refractivity contribution in [1.29, 1.82) is 0 Å². The molecule has 4 nitrogen and oxygen atoms in total. The number of hydrogen-bond donors (Lipinski definition) is 1. The number of nitrogens with zero attached hydrogens (tertiary/aromatic N) is 3. The first-order valence-corrected chi connectivity index (χ1v) is 5.45. The summed E-state index contributed by atoms with van der Waals surface area (Å²) in [6, 6.07) is 8.04. The van der Waals surface area contributed by atoms with Gasteiger partial charge in [-0.1, -0.05) is 33.3 Å². The van der Waals surface area contributed by atoms with Crippen LogP contribution in [0.1, 0.15) is 0 Å². The van der Waals surface area contributed by atoms with Crippen LogP contribution in [0.4, 0.5) is 0 Å². The molecule has 1 aromatic heterocycles. The van der Waals surface area contributed by atoms with E-state index in [1.165, 1.54) is 0 Å². The zero-order valence-corrected chi connectivity index (χ0v) is 9.68. The quantitative estimate of drug-likeness (QED) is 0.920. The van der Waals surface area contributed by atoms with Gasteiger partial charge in [-0.25, -0.2) is 4.68 Å². The molecule has 0 unspecified atom stereocenters. The van der Waals surface area contributed by atoms with Crippen LogP contribution < -0.4 is 5.73 Å². The maximum Gasteiger partial charge on any atom is 0.0886 e. The molecule has 0 saturated carbocycles. The molecule has 0 fully saturated rings. The van der Waals surface area contributed by atoms with Gasteiger partial charge in [0, 0.05) is 16.6 Å². The Morgan fingerprint density at radius 3 is 2.67 bits per heavy atom. The van der Waals surface area contributed by atoms with Gasteiger partial charge in [0.25, 0.3) is 0 Å². The summed E-state index contributed by atoms with van der Waals surface area (Å²) in [4.78, 5) is 0. The van der Waals surface area contributed by atoms with Crippen LogP contribution in [0.25, 0.3) is 11.3 Å². The minimum Gasteiger partial charge on any atom is -0.329 e. The standard InChI is InChI=1S/C10H11BrN4/c11-9-3-1-8(2-4-9)10-7-13-14-15(10)6-5-12/h1-4,7H,5-6,12H2. The summed E-state index contributed by atoms with van der Waals surface area (Å²) in [6.07, 6.45) is 1.75. The second-order valence-electron chi connectivity index (χ2n) is 3.14. The summed E-state index contributed by atoms with van der Waals surface area (Å²) < 4.78 is 2.87. The Balaban J connectivity index is 2.36. The molecule has 0 radical (unpaired) electrons. The number of aromatic nitrogens is 3. The van der Waals surface area contributed by atoms with E-state index in [4.69, 9.17) is 5.73 Å². The molecule has 0 aliphatic heterocycles. The highest BCUT2D eigenvalue weighted by Gasteiger charge is 2.05. The lowest BCUT2D eigenvalue weighted by Crippen LogP contribution is -2.12. The Morgan fingerprint density at radius 1 is 1.27 bits per heavy atom. The molecule has 5 heteroatoms. The van der Waals surface area contributed by atoms with Gasteiger partial charge in [-0.15, -0.1) is 5.10 Å². The van der Waals surface area contributed by atoms with Crippen molar-refractivity contribution in [3.05, 3.63) is 34.9 Å². The van der Waals surface area contributed by atoms with E-state index >= 15 is 0 Å². The number of halogens is 1. The van der Waals surface area contributed by atoms with E-state index in [-0.39, 0.29) is 0 Å². The third-order valence-electron chi connectivity index (χ3n) is 2.10. The first-order valence-electron chi connectivity index (χ1n) is 4.66. The number of rotatable bonds is 3. The van der Waals surface area contributed by atoms with Crippen molar-refractivity contribution in [1.82, 2.24) is 15.0 Å². The van der Waals surface area contributed by atoms with Crippen LogP contribution in [0.15, 0.2) is 34.9 Å². The molecule has 0 atom stereocenters. The van der Waals surface area contributed by atoms with Crippen LogP contribution >= 0.6 is 15.9 Å². The largest absolute Gasteiger partial charge is 0.329 e. The third kappa shape index (κ3) is 2.24. The average molecular weight is 267 g/mol. The van der Waals surface area contributed by atoms with Gasteiger partial charge in [0.2, 0.25) is 0 Å². The van der Waals surface area contributed by atoms with Gasteiger partial charge in [0.15, 0.2) is 0 Å². The van der Waals surface area contributed by atoms with Crippen LogP contribution in [-0.2, 0) is 6.54 Å². The molecule has 0 bridgehead atoms. The smallest absolute Gasteiger partial charge is 0.0886 e. The molecular formula is C10H11BrN4. The molecule has 15 heavy (non-hydrogen) atoms. The fraction of sp³-hybridized carbons (Fsp3) is 0.200. The highest BCUT2D eigenvalue weighted by atomic mass is 79.9. The summed E-state index contributed by atoms with van der Waals surface area (Å²) >= 11 is 3.40. The van der Waals surface area contributed by atoms with Crippen LogP contribution in [0.2, 0.25) is 0 Å². The van der Waals surface area contributed by atoms with Crippen molar-refractivity contribution in [2.75, 3.05) is 6.54 Å². The molecule has 1 heterocycles. The third-order valence-corrected chi connectivity index (χ3v) is 2.63. The van der Waals surface area contributed by atoms with Gasteiger partial charge < -0.3 is 5.73 Å². The maximum absolute atomic E-state index is 5.49. The van der Waals surface area contributed by atoms with E-state index < -0.39 is 0 Å². The Labute approximate surface area is 96.2 Å². The van der Waals surface area contributed by atoms with Gasteiger partial charge in [-0.2, -0.15) is 0 Å². The van der Waals surface area contributed by atoms with Crippen LogP contribution in [0.3, 0.4) is 0 Å². The minimum atomic E-state index is 0.562. The molecule has 2 rings (SSSR count). The first kappa shape index (κ1) is 10.3. The van der Waals surface area contributed by atoms with E-state index in [1.807, 2.05) is 28.9 Å². The fourth-order valence-electron chi connectivity index (χ4n) is 1.39. The number of nitrogens with two attached hydrogens (primary N) is 1. The van der Waals surface area contributed by atoms with Gasteiger partial charge in [-0.3, -0.25) is 0 Å². The Morgan fingerprint density at radius 2 is 2.00 bits per heavy atom. The Hall–Kier alpha value is -1.20. The predicted octanol–water partition coefficient (Wildman–Crippen LogP) is 1.67. The summed E-state index contributed by atoms with van der Waals surface area (Å²) in [5, 5.41) is 7.86. The summed E-state index contributed by atoms with van der Waals surface area (Å²) in [7, 11) is 0. The van der Waals surface area contributed by atoms with E-state index in [2.05, 4.69) is 26.2 Å². The normalized spacial score (nSPS) is 10.5. The molecule has 0 aliphatic rings. The predicted molar refractivity (Wildman–Crippen MR) is 62.2 cm³/mol. The number of hydrogen-bond acceptors (Lipinski definition) is 3. The zero-order valence-electron chi connectivity index (χ0n) is 8.10. The maximum atomic E-state index is 5.49. The van der Waals surface area contributed by atoms with E-state index in [1.54, 1.807) is 6.20 Å². The molecule has 1 aromatic carbocycles. The monoisotopic (exact) mass is 266 g/mol. The van der Waals surface area contributed by atoms with Crippen molar-refractivity contribution in [3.63, 3.8) is 0 Å². The van der Waals surface area contributed by atoms with E-state index in [0.717, 1.165) is 15.7 Å². The molecular weight excluding hydrogens is 256 g/mol. The van der Waals surface area contributed by atoms with E-state index in [0.29, 0.717) is 13.1 Å². The second kappa shape index (κ2) is 4.55. The topological polar surface area (TPSA) is 56.7 Å². The average Bonchev–Trinajstić information content (AvgIpc) is 2.68. The van der Waals surface area contributed by atoms with Crippen molar-refractivity contribution in [2.24, 2.45) is 5.73 Å². The zero-order chi connectivity index (χ0) is 10.7. The van der Waals surface area contributed by atoms with Gasteiger partial charge in [0.05, 0.1) is 18.4 Å². The summed E-state index contributed by atoms with van der Waals surface area (Å²) in [5.74, 6) is 0. The molecule has 2 N–H and O–H groups in total. The van der Waals surface area contributed by atoms with E-state index in [9.17, 15) is 0 Å². The lowest BCUT2D eigenvalue weighted by atomic mass is 10.2. The molecule has 78 valence electrons. The minimum absolute atomic E-state index is 0.562. The van der Waals surface area contributed by atoms with Gasteiger partial charge >= 0.3 is 0 Å². The molecule has 0 saturated heterocycles. The van der Waals surface area contributed by atoms with Crippen LogP contribution in [0, 0.1) is 0 Å². The second-order valence-corrected chi connectivity index (χ2v) is 4.05. The lowest BCUT2D eigenvalue weighted by Gasteiger charge is -2.04. The molecule has 0 amide bonds. The highest BCUT2D eigenvalue weighted by Crippen LogP contribution is 2.20. The number of benzene rings is 1. The van der Waals surface area contributed by atoms with Crippen molar-refractivity contribution >= 4 is 15.9 Å². The van der Waals surface area contributed by atoms with Crippen molar-refractivity contribution in [3.8, 4) is 11.3 Å². The van der Waals surface area contributed by atoms with Gasteiger partial charge in [0.1, 0.15) is 0 Å². The molecule has 0 aliphatic carbocycles. The summed E-state index contributed by atoms with van der Waals surface area (Å²) in [5.41, 5.74) is 7.58. The Kier molecular flexibility index (Phi) is 3.13. The van der Waals surface area contributed by atoms with Crippen molar-refractivity contribution < 1.29 is 0 Å². The fourth-order valence-corrected chi connectivity index (χ4v) is 1.65. The lowest BCUT2D eigenvalue weighted by molar-refractivity contribution is 0.604. The van der Waals surface area contributed by atoms with Crippen molar-refractivity contribution in [2.45, 2.75) is 6.54 Å². The Bertz CT molecular complexity index is 435. The van der Waals surface area contributed by atoms with Crippen LogP contribution in [0.5, 0.6) is 0 Å². The highest BCUT2D eigenvalue weighted by molar-refractivity contribution is 9.10. The summed E-state index contributed by atoms with van der Waals surface area (Å²) in [6.45, 7) is 1.25. The SMILES string of the molecule is NCCn1nncc1-c1ccc(Br)cc1. The molecule has 2 aromatic rings.